The molecule has 6 heteroatoms. The first-order valence-corrected chi connectivity index (χ1v) is 7.53. The molecule has 6 nitrogen and oxygen atoms in total. The molecule has 0 aromatic heterocycles. The van der Waals surface area contributed by atoms with Crippen LogP contribution in [0.25, 0.3) is 0 Å². The molecule has 1 fully saturated rings. The lowest BCUT2D eigenvalue weighted by atomic mass is 10.1. The second-order valence-electron chi connectivity index (χ2n) is 5.22. The molecule has 0 aliphatic carbocycles. The van der Waals surface area contributed by atoms with Crippen molar-refractivity contribution < 1.29 is 14.4 Å². The number of imide groups is 1. The molecule has 0 saturated carbocycles. The summed E-state index contributed by atoms with van der Waals surface area (Å²) in [6, 6.07) is 7.84. The Labute approximate surface area is 129 Å². The third-order valence-corrected chi connectivity index (χ3v) is 3.67. The van der Waals surface area contributed by atoms with Crippen LogP contribution in [0.2, 0.25) is 0 Å². The molecule has 0 radical (unpaired) electrons. The molecule has 4 amide bonds. The molecule has 2 rings (SSSR count). The lowest BCUT2D eigenvalue weighted by Crippen LogP contribution is -2.38. The summed E-state index contributed by atoms with van der Waals surface area (Å²) >= 11 is 0. The van der Waals surface area contributed by atoms with E-state index in [0.29, 0.717) is 12.8 Å². The number of hydrogen-bond acceptors (Lipinski definition) is 3. The van der Waals surface area contributed by atoms with E-state index in [1.807, 2.05) is 12.1 Å². The maximum absolute atomic E-state index is 11.8. The fraction of sp³-hybridized carbons (Fsp3) is 0.438. The number of carbonyl (C=O) groups is 3. The number of nitrogens with one attached hydrogen (secondary N) is 2. The molecule has 22 heavy (non-hydrogen) atoms. The average Bonchev–Trinajstić information content (AvgIpc) is 2.85. The van der Waals surface area contributed by atoms with Gasteiger partial charge in [-0.05, 0) is 24.0 Å². The molecule has 1 aromatic carbocycles. The molecule has 0 unspecified atom stereocenters. The van der Waals surface area contributed by atoms with Crippen molar-refractivity contribution in [1.82, 2.24) is 15.5 Å². The van der Waals surface area contributed by atoms with E-state index in [-0.39, 0.29) is 31.4 Å². The third-order valence-electron chi connectivity index (χ3n) is 3.67. The molecular weight excluding hydrogens is 282 g/mol. The van der Waals surface area contributed by atoms with Gasteiger partial charge in [-0.3, -0.25) is 14.5 Å². The Morgan fingerprint density at radius 2 is 1.91 bits per heavy atom. The van der Waals surface area contributed by atoms with E-state index in [1.165, 1.54) is 5.56 Å². The number of urea groups is 1. The van der Waals surface area contributed by atoms with Crippen molar-refractivity contribution in [2.75, 3.05) is 19.6 Å². The van der Waals surface area contributed by atoms with Crippen molar-refractivity contribution in [3.8, 4) is 0 Å². The van der Waals surface area contributed by atoms with E-state index in [4.69, 9.17) is 0 Å². The van der Waals surface area contributed by atoms with Gasteiger partial charge in [0.05, 0.1) is 6.54 Å². The van der Waals surface area contributed by atoms with Crippen LogP contribution in [-0.4, -0.2) is 42.4 Å². The van der Waals surface area contributed by atoms with E-state index in [1.54, 1.807) is 0 Å². The number of carbonyl (C=O) groups excluding carboxylic acids is 3. The SMILES string of the molecule is CCc1ccc(CCC(=O)NCCN2C(=O)CNC2=O)cc1. The molecule has 1 aromatic rings. The van der Waals surface area contributed by atoms with Crippen molar-refractivity contribution >= 4 is 17.8 Å². The summed E-state index contributed by atoms with van der Waals surface area (Å²) in [6.45, 7) is 2.64. The highest BCUT2D eigenvalue weighted by molar-refractivity contribution is 6.01. The van der Waals surface area contributed by atoms with Crippen LogP contribution in [0.15, 0.2) is 24.3 Å². The Kier molecular flexibility index (Phi) is 5.52. The van der Waals surface area contributed by atoms with Crippen LogP contribution in [0.1, 0.15) is 24.5 Å². The van der Waals surface area contributed by atoms with Crippen LogP contribution in [0.3, 0.4) is 0 Å². The van der Waals surface area contributed by atoms with Crippen molar-refractivity contribution in [3.05, 3.63) is 35.4 Å². The Morgan fingerprint density at radius 1 is 1.23 bits per heavy atom. The van der Waals surface area contributed by atoms with E-state index >= 15 is 0 Å². The highest BCUT2D eigenvalue weighted by Crippen LogP contribution is 2.07. The maximum Gasteiger partial charge on any atom is 0.324 e. The van der Waals surface area contributed by atoms with Gasteiger partial charge in [0.1, 0.15) is 0 Å². The van der Waals surface area contributed by atoms with E-state index in [2.05, 4.69) is 29.7 Å². The second-order valence-corrected chi connectivity index (χ2v) is 5.22. The van der Waals surface area contributed by atoms with Gasteiger partial charge in [-0.15, -0.1) is 0 Å². The zero-order valence-electron chi connectivity index (χ0n) is 12.7. The highest BCUT2D eigenvalue weighted by Gasteiger charge is 2.27. The summed E-state index contributed by atoms with van der Waals surface area (Å²) in [5, 5.41) is 5.17. The van der Waals surface area contributed by atoms with Gasteiger partial charge >= 0.3 is 6.03 Å². The van der Waals surface area contributed by atoms with Gasteiger partial charge in [-0.25, -0.2) is 4.79 Å². The number of benzene rings is 1. The molecule has 1 saturated heterocycles. The van der Waals surface area contributed by atoms with Gasteiger partial charge in [0.25, 0.3) is 0 Å². The summed E-state index contributed by atoms with van der Waals surface area (Å²) < 4.78 is 0. The van der Waals surface area contributed by atoms with Gasteiger partial charge in [-0.1, -0.05) is 31.2 Å². The van der Waals surface area contributed by atoms with Gasteiger partial charge in [0, 0.05) is 19.5 Å². The van der Waals surface area contributed by atoms with Crippen LogP contribution in [0.4, 0.5) is 4.79 Å². The van der Waals surface area contributed by atoms with Gasteiger partial charge in [0.15, 0.2) is 0 Å². The predicted octanol–water partition coefficient (Wildman–Crippen LogP) is 0.850. The minimum atomic E-state index is -0.393. The predicted molar refractivity (Wildman–Crippen MR) is 82.3 cm³/mol. The lowest BCUT2D eigenvalue weighted by molar-refractivity contribution is -0.126. The van der Waals surface area contributed by atoms with Crippen LogP contribution < -0.4 is 10.6 Å². The Bertz CT molecular complexity index is 538. The third kappa shape index (κ3) is 4.31. The minimum absolute atomic E-state index is 0.0422. The van der Waals surface area contributed by atoms with Gasteiger partial charge in [0.2, 0.25) is 11.8 Å². The number of hydrogen-bond donors (Lipinski definition) is 2. The topological polar surface area (TPSA) is 78.5 Å². The molecule has 0 spiro atoms. The quantitative estimate of drug-likeness (QED) is 0.733. The first-order valence-electron chi connectivity index (χ1n) is 7.53. The molecule has 0 bridgehead atoms. The van der Waals surface area contributed by atoms with E-state index in [0.717, 1.165) is 16.9 Å². The normalized spacial score (nSPS) is 14.1. The number of aryl methyl sites for hydroxylation is 2. The number of amides is 4. The first kappa shape index (κ1) is 16.0. The number of nitrogens with zero attached hydrogens (tertiary/aromatic N) is 1. The van der Waals surface area contributed by atoms with Crippen LogP contribution in [-0.2, 0) is 22.4 Å². The van der Waals surface area contributed by atoms with Crippen molar-refractivity contribution in [3.63, 3.8) is 0 Å². The zero-order valence-corrected chi connectivity index (χ0v) is 12.7. The maximum atomic E-state index is 11.8. The zero-order chi connectivity index (χ0) is 15.9. The monoisotopic (exact) mass is 303 g/mol. The molecule has 118 valence electrons. The summed E-state index contributed by atoms with van der Waals surface area (Å²) in [5.74, 6) is -0.332. The lowest BCUT2D eigenvalue weighted by Gasteiger charge is -2.12. The molecule has 1 aliphatic rings. The summed E-state index contributed by atoms with van der Waals surface area (Å²) in [7, 11) is 0. The number of rotatable bonds is 7. The summed E-state index contributed by atoms with van der Waals surface area (Å²) in [5.41, 5.74) is 2.41. The van der Waals surface area contributed by atoms with Crippen LogP contribution >= 0.6 is 0 Å². The Balaban J connectivity index is 1.67. The van der Waals surface area contributed by atoms with Gasteiger partial charge < -0.3 is 10.6 Å². The highest BCUT2D eigenvalue weighted by atomic mass is 16.2. The van der Waals surface area contributed by atoms with Crippen molar-refractivity contribution in [2.24, 2.45) is 0 Å². The summed E-state index contributed by atoms with van der Waals surface area (Å²) in [4.78, 5) is 35.5. The van der Waals surface area contributed by atoms with E-state index in [9.17, 15) is 14.4 Å². The molecule has 1 heterocycles. The van der Waals surface area contributed by atoms with E-state index < -0.39 is 6.03 Å². The summed E-state index contributed by atoms with van der Waals surface area (Å²) in [6.07, 6.45) is 2.08. The van der Waals surface area contributed by atoms with Crippen LogP contribution in [0, 0.1) is 0 Å². The van der Waals surface area contributed by atoms with Crippen molar-refractivity contribution in [1.29, 1.82) is 0 Å². The Hall–Kier alpha value is -2.37. The minimum Gasteiger partial charge on any atom is -0.354 e. The largest absolute Gasteiger partial charge is 0.354 e. The first-order chi connectivity index (χ1) is 10.6. The fourth-order valence-corrected chi connectivity index (χ4v) is 2.28. The Morgan fingerprint density at radius 3 is 2.50 bits per heavy atom. The van der Waals surface area contributed by atoms with Gasteiger partial charge in [-0.2, -0.15) is 0 Å². The standard InChI is InChI=1S/C16H21N3O3/c1-2-12-3-5-13(6-4-12)7-8-14(20)17-9-10-19-15(21)11-18-16(19)22/h3-6H,2,7-11H2,1H3,(H,17,20)(H,18,22). The molecule has 0 atom stereocenters. The fourth-order valence-electron chi connectivity index (χ4n) is 2.28. The molecule has 1 aliphatic heterocycles. The van der Waals surface area contributed by atoms with Crippen molar-refractivity contribution in [2.45, 2.75) is 26.2 Å². The smallest absolute Gasteiger partial charge is 0.324 e. The van der Waals surface area contributed by atoms with Crippen LogP contribution in [0.5, 0.6) is 0 Å². The molecular formula is C16H21N3O3. The second kappa shape index (κ2) is 7.59. The average molecular weight is 303 g/mol. The molecule has 2 N–H and O–H groups in total.